The number of nitrogens with one attached hydrogen (secondary N) is 1. The first-order valence-corrected chi connectivity index (χ1v) is 6.64. The molecule has 0 amide bonds. The lowest BCUT2D eigenvalue weighted by Crippen LogP contribution is -2.41. The van der Waals surface area contributed by atoms with Crippen LogP contribution in [0.25, 0.3) is 0 Å². The average molecular weight is 237 g/mol. The fourth-order valence-electron chi connectivity index (χ4n) is 2.70. The molecule has 0 radical (unpaired) electrons. The van der Waals surface area contributed by atoms with Crippen LogP contribution in [0.2, 0.25) is 0 Å². The summed E-state index contributed by atoms with van der Waals surface area (Å²) in [6, 6.07) is 0.718. The number of aryl methyl sites for hydroxylation is 1. The molecule has 0 spiro atoms. The van der Waals surface area contributed by atoms with Gasteiger partial charge in [0.15, 0.2) is 5.82 Å². The van der Waals surface area contributed by atoms with Gasteiger partial charge in [0.05, 0.1) is 6.04 Å². The second-order valence-corrected chi connectivity index (χ2v) is 5.44. The molecule has 17 heavy (non-hydrogen) atoms. The van der Waals surface area contributed by atoms with Gasteiger partial charge in [-0.1, -0.05) is 31.8 Å². The zero-order chi connectivity index (χ0) is 12.4. The SMILES string of the molecule is Cc1noc(C(C)NC2CCCC(C)C2C)n1. The monoisotopic (exact) mass is 237 g/mol. The maximum absolute atomic E-state index is 5.21. The van der Waals surface area contributed by atoms with Gasteiger partial charge in [-0.15, -0.1) is 0 Å². The van der Waals surface area contributed by atoms with E-state index in [4.69, 9.17) is 4.52 Å². The fraction of sp³-hybridized carbons (Fsp3) is 0.846. The first-order valence-electron chi connectivity index (χ1n) is 6.64. The van der Waals surface area contributed by atoms with Crippen LogP contribution in [-0.2, 0) is 0 Å². The molecule has 1 aliphatic rings. The maximum atomic E-state index is 5.21. The van der Waals surface area contributed by atoms with Crippen molar-refractivity contribution in [1.82, 2.24) is 15.5 Å². The predicted octanol–water partition coefficient (Wildman–Crippen LogP) is 2.85. The highest BCUT2D eigenvalue weighted by Gasteiger charge is 2.29. The Balaban J connectivity index is 1.96. The first kappa shape index (κ1) is 12.6. The Morgan fingerprint density at radius 1 is 1.35 bits per heavy atom. The zero-order valence-corrected chi connectivity index (χ0v) is 11.2. The minimum absolute atomic E-state index is 0.147. The molecule has 1 aliphatic carbocycles. The molecule has 0 bridgehead atoms. The Labute approximate surface area is 103 Å². The van der Waals surface area contributed by atoms with Crippen LogP contribution in [0.5, 0.6) is 0 Å². The van der Waals surface area contributed by atoms with Crippen molar-refractivity contribution in [2.75, 3.05) is 0 Å². The van der Waals surface area contributed by atoms with Gasteiger partial charge in [-0.05, 0) is 32.1 Å². The van der Waals surface area contributed by atoms with Gasteiger partial charge in [0.2, 0.25) is 5.89 Å². The summed E-state index contributed by atoms with van der Waals surface area (Å²) in [5, 5.41) is 7.47. The normalized spacial score (nSPS) is 31.4. The van der Waals surface area contributed by atoms with Gasteiger partial charge in [-0.25, -0.2) is 0 Å². The molecule has 4 nitrogen and oxygen atoms in total. The van der Waals surface area contributed by atoms with Gasteiger partial charge in [-0.2, -0.15) is 4.98 Å². The minimum atomic E-state index is 0.147. The molecule has 1 fully saturated rings. The molecule has 0 aliphatic heterocycles. The van der Waals surface area contributed by atoms with E-state index in [0.717, 1.165) is 11.8 Å². The van der Waals surface area contributed by atoms with E-state index in [1.165, 1.54) is 19.3 Å². The van der Waals surface area contributed by atoms with E-state index >= 15 is 0 Å². The molecule has 4 unspecified atom stereocenters. The van der Waals surface area contributed by atoms with Gasteiger partial charge in [0, 0.05) is 6.04 Å². The van der Waals surface area contributed by atoms with Crippen LogP contribution >= 0.6 is 0 Å². The predicted molar refractivity (Wildman–Crippen MR) is 66.6 cm³/mol. The Kier molecular flexibility index (Phi) is 3.82. The molecule has 1 heterocycles. The van der Waals surface area contributed by atoms with Crippen molar-refractivity contribution in [2.45, 2.75) is 59.0 Å². The van der Waals surface area contributed by atoms with Crippen molar-refractivity contribution in [2.24, 2.45) is 11.8 Å². The van der Waals surface area contributed by atoms with E-state index in [2.05, 4.69) is 36.2 Å². The van der Waals surface area contributed by atoms with Crippen molar-refractivity contribution >= 4 is 0 Å². The molecule has 1 N–H and O–H groups in total. The number of aromatic nitrogens is 2. The van der Waals surface area contributed by atoms with E-state index in [9.17, 15) is 0 Å². The van der Waals surface area contributed by atoms with Crippen LogP contribution < -0.4 is 5.32 Å². The highest BCUT2D eigenvalue weighted by molar-refractivity contribution is 4.92. The van der Waals surface area contributed by atoms with Crippen LogP contribution in [0.15, 0.2) is 4.52 Å². The topological polar surface area (TPSA) is 51.0 Å². The van der Waals surface area contributed by atoms with Crippen molar-refractivity contribution < 1.29 is 4.52 Å². The lowest BCUT2D eigenvalue weighted by Gasteiger charge is -2.35. The third-order valence-electron chi connectivity index (χ3n) is 4.08. The Hall–Kier alpha value is -0.900. The number of rotatable bonds is 3. The van der Waals surface area contributed by atoms with Crippen molar-refractivity contribution in [1.29, 1.82) is 0 Å². The summed E-state index contributed by atoms with van der Waals surface area (Å²) in [5.41, 5.74) is 0. The van der Waals surface area contributed by atoms with Crippen molar-refractivity contribution in [3.8, 4) is 0 Å². The summed E-state index contributed by atoms with van der Waals surface area (Å²) >= 11 is 0. The van der Waals surface area contributed by atoms with Crippen LogP contribution in [0, 0.1) is 18.8 Å². The highest BCUT2D eigenvalue weighted by Crippen LogP contribution is 2.30. The van der Waals surface area contributed by atoms with Crippen LogP contribution in [-0.4, -0.2) is 16.2 Å². The second kappa shape index (κ2) is 5.17. The average Bonchev–Trinajstić information content (AvgIpc) is 2.72. The summed E-state index contributed by atoms with van der Waals surface area (Å²) in [4.78, 5) is 4.28. The Morgan fingerprint density at radius 2 is 2.12 bits per heavy atom. The number of hydrogen-bond donors (Lipinski definition) is 1. The quantitative estimate of drug-likeness (QED) is 0.878. The molecule has 4 heteroatoms. The summed E-state index contributed by atoms with van der Waals surface area (Å²) in [7, 11) is 0. The van der Waals surface area contributed by atoms with Crippen LogP contribution in [0.4, 0.5) is 0 Å². The number of nitrogens with zero attached hydrogens (tertiary/aromatic N) is 2. The van der Waals surface area contributed by atoms with E-state index in [1.807, 2.05) is 6.92 Å². The first-order chi connectivity index (χ1) is 8.08. The molecular weight excluding hydrogens is 214 g/mol. The molecule has 2 rings (SSSR count). The standard InChI is InChI=1S/C13H23N3O/c1-8-6-5-7-12(9(8)2)14-10(3)13-15-11(4)16-17-13/h8-10,12,14H,5-7H2,1-4H3. The third kappa shape index (κ3) is 2.86. The molecule has 1 saturated carbocycles. The van der Waals surface area contributed by atoms with E-state index in [-0.39, 0.29) is 6.04 Å². The smallest absolute Gasteiger partial charge is 0.243 e. The lowest BCUT2D eigenvalue weighted by atomic mass is 9.78. The van der Waals surface area contributed by atoms with Gasteiger partial charge < -0.3 is 9.84 Å². The zero-order valence-electron chi connectivity index (χ0n) is 11.2. The lowest BCUT2D eigenvalue weighted by molar-refractivity contribution is 0.187. The van der Waals surface area contributed by atoms with E-state index in [1.54, 1.807) is 0 Å². The Morgan fingerprint density at radius 3 is 2.76 bits per heavy atom. The summed E-state index contributed by atoms with van der Waals surface area (Å²) in [5.74, 6) is 2.93. The molecule has 4 atom stereocenters. The van der Waals surface area contributed by atoms with E-state index in [0.29, 0.717) is 17.8 Å². The fourth-order valence-corrected chi connectivity index (χ4v) is 2.70. The summed E-state index contributed by atoms with van der Waals surface area (Å²) in [6.07, 6.45) is 3.93. The van der Waals surface area contributed by atoms with Gasteiger partial charge in [-0.3, -0.25) is 0 Å². The van der Waals surface area contributed by atoms with Crippen molar-refractivity contribution in [3.63, 3.8) is 0 Å². The third-order valence-corrected chi connectivity index (χ3v) is 4.08. The molecule has 1 aromatic rings. The van der Waals surface area contributed by atoms with Crippen molar-refractivity contribution in [3.05, 3.63) is 11.7 Å². The second-order valence-electron chi connectivity index (χ2n) is 5.44. The van der Waals surface area contributed by atoms with Crippen LogP contribution in [0.1, 0.15) is 57.8 Å². The highest BCUT2D eigenvalue weighted by atomic mass is 16.5. The van der Waals surface area contributed by atoms with Gasteiger partial charge in [0.25, 0.3) is 0 Å². The summed E-state index contributed by atoms with van der Waals surface area (Å²) in [6.45, 7) is 8.64. The van der Waals surface area contributed by atoms with Gasteiger partial charge >= 0.3 is 0 Å². The molecule has 0 aromatic carbocycles. The molecular formula is C13H23N3O. The maximum Gasteiger partial charge on any atom is 0.243 e. The van der Waals surface area contributed by atoms with E-state index < -0.39 is 0 Å². The molecule has 1 aromatic heterocycles. The minimum Gasteiger partial charge on any atom is -0.338 e. The summed E-state index contributed by atoms with van der Waals surface area (Å²) < 4.78 is 5.21. The molecule has 96 valence electrons. The van der Waals surface area contributed by atoms with Crippen LogP contribution in [0.3, 0.4) is 0 Å². The Bertz CT molecular complexity index is 363. The molecule has 0 saturated heterocycles. The van der Waals surface area contributed by atoms with Gasteiger partial charge in [0.1, 0.15) is 0 Å². The largest absolute Gasteiger partial charge is 0.338 e. The number of hydrogen-bond acceptors (Lipinski definition) is 4.